The van der Waals surface area contributed by atoms with Gasteiger partial charge in [-0.3, -0.25) is 14.6 Å². The molecule has 0 saturated carbocycles. The highest BCUT2D eigenvalue weighted by Gasteiger charge is 2.23. The minimum absolute atomic E-state index is 0.0156. The standard InChI is InChI=1S/C34H37FN4O7/c1-42-24-5-7-28(43-2)22(16-24)11-15-39(34(41)33(36)40)23-4-6-30(26(35)17-23)46-29-10-14-38-27-19-32(31(44-3)18-25(27)29)45-20-21-8-12-37-13-9-21/h4-7,10,14,16-19,21,37H,8-9,11-13,15,20H2,1-3H3,(H2,36,40). The number of fused-ring (bicyclic) bond motifs is 1. The fraction of sp³-hybridized carbons (Fsp3) is 0.324. The number of hydrogen-bond donors (Lipinski definition) is 2. The lowest BCUT2D eigenvalue weighted by Gasteiger charge is -2.23. The average molecular weight is 633 g/mol. The molecule has 5 rings (SSSR count). The Morgan fingerprint density at radius 1 is 0.913 bits per heavy atom. The number of nitrogens with one attached hydrogen (secondary N) is 1. The number of aromatic nitrogens is 1. The van der Waals surface area contributed by atoms with E-state index in [-0.39, 0.29) is 24.4 Å². The smallest absolute Gasteiger partial charge is 0.316 e. The van der Waals surface area contributed by atoms with Gasteiger partial charge in [-0.2, -0.15) is 0 Å². The minimum Gasteiger partial charge on any atom is -0.497 e. The summed E-state index contributed by atoms with van der Waals surface area (Å²) >= 11 is 0. The number of ether oxygens (including phenoxy) is 5. The first-order valence-electron chi connectivity index (χ1n) is 14.9. The van der Waals surface area contributed by atoms with Gasteiger partial charge in [0.25, 0.3) is 0 Å². The Kier molecular flexibility index (Phi) is 10.4. The second-order valence-electron chi connectivity index (χ2n) is 10.8. The van der Waals surface area contributed by atoms with Crippen molar-refractivity contribution < 1.29 is 37.7 Å². The molecular formula is C34H37FN4O7. The molecule has 2 heterocycles. The molecule has 0 atom stereocenters. The highest BCUT2D eigenvalue weighted by molar-refractivity contribution is 6.39. The Morgan fingerprint density at radius 2 is 1.67 bits per heavy atom. The highest BCUT2D eigenvalue weighted by Crippen LogP contribution is 2.38. The van der Waals surface area contributed by atoms with E-state index in [0.29, 0.717) is 52.2 Å². The van der Waals surface area contributed by atoms with Crippen molar-refractivity contribution in [3.05, 3.63) is 72.2 Å². The second-order valence-corrected chi connectivity index (χ2v) is 10.8. The minimum atomic E-state index is -1.17. The third kappa shape index (κ3) is 7.40. The maximum Gasteiger partial charge on any atom is 0.316 e. The van der Waals surface area contributed by atoms with Gasteiger partial charge in [-0.25, -0.2) is 4.39 Å². The predicted molar refractivity (Wildman–Crippen MR) is 171 cm³/mol. The molecule has 1 aliphatic heterocycles. The molecule has 3 aromatic carbocycles. The third-order valence-corrected chi connectivity index (χ3v) is 7.92. The molecule has 46 heavy (non-hydrogen) atoms. The van der Waals surface area contributed by atoms with Crippen molar-refractivity contribution in [1.82, 2.24) is 10.3 Å². The van der Waals surface area contributed by atoms with E-state index in [9.17, 15) is 9.59 Å². The molecule has 1 fully saturated rings. The van der Waals surface area contributed by atoms with E-state index >= 15 is 4.39 Å². The van der Waals surface area contributed by atoms with Crippen molar-refractivity contribution in [3.8, 4) is 34.5 Å². The molecule has 1 aliphatic rings. The van der Waals surface area contributed by atoms with Gasteiger partial charge in [0.2, 0.25) is 0 Å². The number of piperidine rings is 1. The Labute approximate surface area is 266 Å². The van der Waals surface area contributed by atoms with E-state index in [0.717, 1.165) is 42.5 Å². The Hall–Kier alpha value is -5.10. The lowest BCUT2D eigenvalue weighted by atomic mass is 9.99. The number of carbonyl (C=O) groups excluding carboxylic acids is 2. The molecule has 2 amide bonds. The number of nitrogens with two attached hydrogens (primary N) is 1. The van der Waals surface area contributed by atoms with Gasteiger partial charge in [-0.05, 0) is 86.3 Å². The number of benzene rings is 3. The Morgan fingerprint density at radius 3 is 2.37 bits per heavy atom. The first-order chi connectivity index (χ1) is 22.3. The highest BCUT2D eigenvalue weighted by atomic mass is 19.1. The fourth-order valence-corrected chi connectivity index (χ4v) is 5.40. The number of amides is 2. The maximum absolute atomic E-state index is 15.5. The van der Waals surface area contributed by atoms with Crippen LogP contribution in [-0.2, 0) is 16.0 Å². The number of hydrogen-bond acceptors (Lipinski definition) is 9. The molecule has 1 saturated heterocycles. The van der Waals surface area contributed by atoms with Crippen molar-refractivity contribution in [3.63, 3.8) is 0 Å². The number of primary amides is 1. The Bertz CT molecular complexity index is 1710. The number of anilines is 1. The summed E-state index contributed by atoms with van der Waals surface area (Å²) in [5.41, 5.74) is 6.78. The molecule has 0 spiro atoms. The van der Waals surface area contributed by atoms with Crippen LogP contribution < -0.4 is 39.6 Å². The van der Waals surface area contributed by atoms with E-state index in [1.54, 1.807) is 49.7 Å². The topological polar surface area (TPSA) is 134 Å². The normalized spacial score (nSPS) is 13.2. The lowest BCUT2D eigenvalue weighted by molar-refractivity contribution is -0.135. The van der Waals surface area contributed by atoms with E-state index in [4.69, 9.17) is 29.4 Å². The number of halogens is 1. The lowest BCUT2D eigenvalue weighted by Crippen LogP contribution is -2.41. The van der Waals surface area contributed by atoms with E-state index in [1.807, 2.05) is 0 Å². The van der Waals surface area contributed by atoms with E-state index in [2.05, 4.69) is 10.3 Å². The van der Waals surface area contributed by atoms with Gasteiger partial charge in [0.1, 0.15) is 17.2 Å². The summed E-state index contributed by atoms with van der Waals surface area (Å²) in [4.78, 5) is 30.3. The molecule has 4 aromatic rings. The molecule has 0 unspecified atom stereocenters. The van der Waals surface area contributed by atoms with Crippen LogP contribution in [0.15, 0.2) is 60.8 Å². The van der Waals surface area contributed by atoms with Gasteiger partial charge < -0.3 is 39.6 Å². The average Bonchev–Trinajstić information content (AvgIpc) is 3.08. The van der Waals surface area contributed by atoms with Crippen molar-refractivity contribution >= 4 is 28.4 Å². The summed E-state index contributed by atoms with van der Waals surface area (Å²) < 4.78 is 44.0. The molecule has 242 valence electrons. The van der Waals surface area contributed by atoms with Crippen molar-refractivity contribution in [2.75, 3.05) is 52.5 Å². The van der Waals surface area contributed by atoms with Crippen molar-refractivity contribution in [2.45, 2.75) is 19.3 Å². The molecular weight excluding hydrogens is 595 g/mol. The largest absolute Gasteiger partial charge is 0.497 e. The summed E-state index contributed by atoms with van der Waals surface area (Å²) in [7, 11) is 4.61. The SMILES string of the molecule is COc1ccc(OC)c(CCN(C(=O)C(N)=O)c2ccc(Oc3ccnc4cc(OCC5CCNCC5)c(OC)cc34)c(F)c2)c1. The maximum atomic E-state index is 15.5. The van der Waals surface area contributed by atoms with Crippen LogP contribution >= 0.6 is 0 Å². The molecule has 1 aromatic heterocycles. The summed E-state index contributed by atoms with van der Waals surface area (Å²) in [6, 6.07) is 14.4. The second kappa shape index (κ2) is 14.8. The Balaban J connectivity index is 1.37. The van der Waals surface area contributed by atoms with Crippen LogP contribution in [0, 0.1) is 11.7 Å². The van der Waals surface area contributed by atoms with Crippen molar-refractivity contribution in [1.29, 1.82) is 0 Å². The third-order valence-electron chi connectivity index (χ3n) is 7.92. The molecule has 0 radical (unpaired) electrons. The first kappa shape index (κ1) is 32.3. The van der Waals surface area contributed by atoms with E-state index < -0.39 is 17.6 Å². The summed E-state index contributed by atoms with van der Waals surface area (Å²) in [6.45, 7) is 2.53. The summed E-state index contributed by atoms with van der Waals surface area (Å²) in [5.74, 6) is 0.0316. The van der Waals surface area contributed by atoms with Gasteiger partial charge >= 0.3 is 11.8 Å². The molecule has 11 nitrogen and oxygen atoms in total. The van der Waals surface area contributed by atoms with E-state index in [1.165, 1.54) is 26.4 Å². The number of rotatable bonds is 12. The summed E-state index contributed by atoms with van der Waals surface area (Å²) in [5, 5.41) is 3.94. The van der Waals surface area contributed by atoms with Crippen LogP contribution in [0.5, 0.6) is 34.5 Å². The predicted octanol–water partition coefficient (Wildman–Crippen LogP) is 4.63. The molecule has 0 bridgehead atoms. The molecule has 3 N–H and O–H groups in total. The van der Waals surface area contributed by atoms with Gasteiger partial charge in [-0.1, -0.05) is 0 Å². The monoisotopic (exact) mass is 632 g/mol. The zero-order chi connectivity index (χ0) is 32.6. The van der Waals surface area contributed by atoms with Gasteiger partial charge in [0, 0.05) is 35.9 Å². The zero-order valence-corrected chi connectivity index (χ0v) is 26.0. The van der Waals surface area contributed by atoms with Crippen molar-refractivity contribution in [2.24, 2.45) is 11.7 Å². The number of pyridine rings is 1. The van der Waals surface area contributed by atoms with Gasteiger partial charge in [0.15, 0.2) is 23.1 Å². The van der Waals surface area contributed by atoms with Crippen LogP contribution in [-0.4, -0.2) is 64.4 Å². The molecule has 12 heteroatoms. The zero-order valence-electron chi connectivity index (χ0n) is 26.0. The number of carbonyl (C=O) groups is 2. The van der Waals surface area contributed by atoms with Crippen LogP contribution in [0.1, 0.15) is 18.4 Å². The van der Waals surface area contributed by atoms with Crippen LogP contribution in [0.25, 0.3) is 10.9 Å². The van der Waals surface area contributed by atoms with Gasteiger partial charge in [-0.15, -0.1) is 0 Å². The first-order valence-corrected chi connectivity index (χ1v) is 14.9. The molecule has 0 aliphatic carbocycles. The number of nitrogens with zero attached hydrogens (tertiary/aromatic N) is 2. The summed E-state index contributed by atoms with van der Waals surface area (Å²) in [6.07, 6.45) is 3.92. The van der Waals surface area contributed by atoms with Crippen LogP contribution in [0.4, 0.5) is 10.1 Å². The quantitative estimate of drug-likeness (QED) is 0.214. The van der Waals surface area contributed by atoms with Crippen LogP contribution in [0.2, 0.25) is 0 Å². The fourth-order valence-electron chi connectivity index (χ4n) is 5.40. The van der Waals surface area contributed by atoms with Gasteiger partial charge in [0.05, 0.1) is 33.5 Å². The van der Waals surface area contributed by atoms with Crippen LogP contribution in [0.3, 0.4) is 0 Å². The number of methoxy groups -OCH3 is 3.